The van der Waals surface area contributed by atoms with Gasteiger partial charge in [-0.15, -0.1) is 0 Å². The van der Waals surface area contributed by atoms with E-state index in [1.54, 1.807) is 0 Å². The highest BCUT2D eigenvalue weighted by Gasteiger charge is 2.24. The predicted octanol–water partition coefficient (Wildman–Crippen LogP) is 3.35. The second kappa shape index (κ2) is 7.51. The molecule has 0 aliphatic carbocycles. The lowest BCUT2D eigenvalue weighted by Crippen LogP contribution is -2.09. The van der Waals surface area contributed by atoms with Crippen molar-refractivity contribution < 1.29 is 9.47 Å². The minimum Gasteiger partial charge on any atom is -0.478 e. The van der Waals surface area contributed by atoms with Gasteiger partial charge in [-0.05, 0) is 12.8 Å². The zero-order chi connectivity index (χ0) is 13.5. The number of unbranched alkanes of at least 4 members (excludes halogenated alkanes) is 2. The van der Waals surface area contributed by atoms with Gasteiger partial charge in [0.2, 0.25) is 0 Å². The Bertz CT molecular complexity index is 307. The molecule has 0 saturated carbocycles. The smallest absolute Gasteiger partial charge is 0.193 e. The molecule has 2 heterocycles. The van der Waals surface area contributed by atoms with E-state index in [0.29, 0.717) is 18.5 Å². The third-order valence-electron chi connectivity index (χ3n) is 3.62. The summed E-state index contributed by atoms with van der Waals surface area (Å²) in [6.45, 7) is 5.89. The standard InChI is InChI=1S/C15H26N2O2/c1-3-5-7-12-10-18-14(16-12)9-15-17-13(11-19-15)8-6-4-2/h12-13H,3-11H2,1-2H3. The van der Waals surface area contributed by atoms with Gasteiger partial charge in [-0.1, -0.05) is 39.5 Å². The van der Waals surface area contributed by atoms with Crippen molar-refractivity contribution in [1.29, 1.82) is 0 Å². The van der Waals surface area contributed by atoms with Crippen molar-refractivity contribution in [2.75, 3.05) is 13.2 Å². The van der Waals surface area contributed by atoms with Crippen LogP contribution in [0.5, 0.6) is 0 Å². The lowest BCUT2D eigenvalue weighted by atomic mass is 10.1. The summed E-state index contributed by atoms with van der Waals surface area (Å²) in [5.74, 6) is 1.63. The fraction of sp³-hybridized carbons (Fsp3) is 0.867. The van der Waals surface area contributed by atoms with Gasteiger partial charge in [-0.2, -0.15) is 0 Å². The molecule has 2 aliphatic rings. The minimum absolute atomic E-state index is 0.354. The van der Waals surface area contributed by atoms with Gasteiger partial charge in [0.25, 0.3) is 0 Å². The van der Waals surface area contributed by atoms with Crippen LogP contribution in [0.2, 0.25) is 0 Å². The molecular formula is C15H26N2O2. The second-order valence-electron chi connectivity index (χ2n) is 5.44. The maximum Gasteiger partial charge on any atom is 0.193 e. The van der Waals surface area contributed by atoms with Crippen LogP contribution >= 0.6 is 0 Å². The van der Waals surface area contributed by atoms with Gasteiger partial charge in [0.15, 0.2) is 11.8 Å². The van der Waals surface area contributed by atoms with Gasteiger partial charge in [-0.25, -0.2) is 9.98 Å². The van der Waals surface area contributed by atoms with Gasteiger partial charge in [0.05, 0.1) is 18.5 Å². The molecule has 0 saturated heterocycles. The first-order valence-electron chi connectivity index (χ1n) is 7.70. The Morgan fingerprint density at radius 3 is 1.79 bits per heavy atom. The van der Waals surface area contributed by atoms with Crippen LogP contribution in [-0.2, 0) is 9.47 Å². The second-order valence-corrected chi connectivity index (χ2v) is 5.44. The van der Waals surface area contributed by atoms with Crippen LogP contribution in [-0.4, -0.2) is 37.1 Å². The fourth-order valence-corrected chi connectivity index (χ4v) is 2.44. The van der Waals surface area contributed by atoms with Crippen molar-refractivity contribution in [3.63, 3.8) is 0 Å². The first kappa shape index (κ1) is 14.4. The van der Waals surface area contributed by atoms with Crippen molar-refractivity contribution in [2.24, 2.45) is 9.98 Å². The van der Waals surface area contributed by atoms with E-state index < -0.39 is 0 Å². The molecule has 108 valence electrons. The number of nitrogens with zero attached hydrogens (tertiary/aromatic N) is 2. The number of ether oxygens (including phenoxy) is 2. The van der Waals surface area contributed by atoms with E-state index in [0.717, 1.165) is 37.9 Å². The summed E-state index contributed by atoms with van der Waals surface area (Å²) < 4.78 is 11.3. The predicted molar refractivity (Wildman–Crippen MR) is 78.0 cm³/mol. The molecule has 2 atom stereocenters. The summed E-state index contributed by atoms with van der Waals surface area (Å²) in [4.78, 5) is 9.22. The van der Waals surface area contributed by atoms with Gasteiger partial charge in [-0.3, -0.25) is 0 Å². The highest BCUT2D eigenvalue weighted by molar-refractivity contribution is 5.98. The molecule has 19 heavy (non-hydrogen) atoms. The fourth-order valence-electron chi connectivity index (χ4n) is 2.44. The molecular weight excluding hydrogens is 240 g/mol. The molecule has 0 fully saturated rings. The topological polar surface area (TPSA) is 43.2 Å². The van der Waals surface area contributed by atoms with Crippen molar-refractivity contribution in [2.45, 2.75) is 70.9 Å². The average Bonchev–Trinajstić information content (AvgIpc) is 3.04. The number of aliphatic imine (C=N–C) groups is 2. The summed E-state index contributed by atoms with van der Waals surface area (Å²) in [5, 5.41) is 0. The molecule has 4 heteroatoms. The SMILES string of the molecule is CCCCC1COC(CC2=NC(CCCC)CO2)=N1. The highest BCUT2D eigenvalue weighted by Crippen LogP contribution is 2.17. The summed E-state index contributed by atoms with van der Waals surface area (Å²) in [5.41, 5.74) is 0. The number of hydrogen-bond acceptors (Lipinski definition) is 4. The van der Waals surface area contributed by atoms with Crippen LogP contribution in [0, 0.1) is 0 Å². The van der Waals surface area contributed by atoms with Crippen molar-refractivity contribution >= 4 is 11.8 Å². The van der Waals surface area contributed by atoms with E-state index in [9.17, 15) is 0 Å². The molecule has 0 N–H and O–H groups in total. The van der Waals surface area contributed by atoms with Crippen molar-refractivity contribution in [3.8, 4) is 0 Å². The van der Waals surface area contributed by atoms with Crippen molar-refractivity contribution in [1.82, 2.24) is 0 Å². The first-order valence-corrected chi connectivity index (χ1v) is 7.70. The maximum atomic E-state index is 5.63. The molecule has 0 bridgehead atoms. The van der Waals surface area contributed by atoms with Gasteiger partial charge < -0.3 is 9.47 Å². The van der Waals surface area contributed by atoms with Gasteiger partial charge in [0, 0.05) is 0 Å². The first-order chi connectivity index (χ1) is 9.31. The molecule has 2 aliphatic heterocycles. The number of hydrogen-bond donors (Lipinski definition) is 0. The normalized spacial score (nSPS) is 25.8. The zero-order valence-corrected chi connectivity index (χ0v) is 12.2. The molecule has 0 aromatic carbocycles. The van der Waals surface area contributed by atoms with Gasteiger partial charge >= 0.3 is 0 Å². The molecule has 0 amide bonds. The Balaban J connectivity index is 1.76. The van der Waals surface area contributed by atoms with E-state index in [4.69, 9.17) is 9.47 Å². The van der Waals surface area contributed by atoms with Crippen LogP contribution in [0.4, 0.5) is 0 Å². The van der Waals surface area contributed by atoms with E-state index in [1.165, 1.54) is 25.7 Å². The van der Waals surface area contributed by atoms with Crippen LogP contribution in [0.25, 0.3) is 0 Å². The van der Waals surface area contributed by atoms with E-state index in [-0.39, 0.29) is 0 Å². The Morgan fingerprint density at radius 2 is 1.37 bits per heavy atom. The summed E-state index contributed by atoms with van der Waals surface area (Å²) in [6.07, 6.45) is 7.79. The zero-order valence-electron chi connectivity index (χ0n) is 12.2. The molecule has 2 unspecified atom stereocenters. The Labute approximate surface area is 116 Å². The minimum atomic E-state index is 0.354. The van der Waals surface area contributed by atoms with E-state index in [2.05, 4.69) is 23.8 Å². The van der Waals surface area contributed by atoms with Crippen LogP contribution < -0.4 is 0 Å². The molecule has 2 rings (SSSR count). The third kappa shape index (κ3) is 4.51. The maximum absolute atomic E-state index is 5.63. The van der Waals surface area contributed by atoms with Crippen LogP contribution in [0.3, 0.4) is 0 Å². The van der Waals surface area contributed by atoms with Gasteiger partial charge in [0.1, 0.15) is 13.2 Å². The third-order valence-corrected chi connectivity index (χ3v) is 3.62. The molecule has 4 nitrogen and oxygen atoms in total. The molecule has 0 aromatic heterocycles. The van der Waals surface area contributed by atoms with Crippen LogP contribution in [0.15, 0.2) is 9.98 Å². The molecule has 0 radical (unpaired) electrons. The Hall–Kier alpha value is -1.06. The lowest BCUT2D eigenvalue weighted by molar-refractivity contribution is 0.292. The quantitative estimate of drug-likeness (QED) is 0.676. The highest BCUT2D eigenvalue weighted by atomic mass is 16.5. The number of rotatable bonds is 8. The molecule has 0 aromatic rings. The summed E-state index contributed by atoms with van der Waals surface area (Å²) in [6, 6.07) is 0.709. The largest absolute Gasteiger partial charge is 0.478 e. The molecule has 0 spiro atoms. The summed E-state index contributed by atoms with van der Waals surface area (Å²) in [7, 11) is 0. The van der Waals surface area contributed by atoms with E-state index >= 15 is 0 Å². The van der Waals surface area contributed by atoms with E-state index in [1.807, 2.05) is 0 Å². The monoisotopic (exact) mass is 266 g/mol. The summed E-state index contributed by atoms with van der Waals surface area (Å²) >= 11 is 0. The lowest BCUT2D eigenvalue weighted by Gasteiger charge is -2.02. The van der Waals surface area contributed by atoms with Crippen molar-refractivity contribution in [3.05, 3.63) is 0 Å². The Kier molecular flexibility index (Phi) is 5.67. The van der Waals surface area contributed by atoms with Crippen LogP contribution in [0.1, 0.15) is 58.8 Å². The Morgan fingerprint density at radius 1 is 0.895 bits per heavy atom. The average molecular weight is 266 g/mol.